The lowest BCUT2D eigenvalue weighted by atomic mass is 10.0. The zero-order valence-electron chi connectivity index (χ0n) is 34.0. The van der Waals surface area contributed by atoms with Crippen LogP contribution in [0, 0.1) is 13.8 Å². The SMILES string of the molecule is Cc1cc(S(=O)(=O)Nc2ccc(N3CCN(c4cccc(-c5cc(C)n(C)c5-c5ccc(Cl)cc5)c4)CC3)cc2)ccc1N[C@H](CCN(C)C)CSc1ccccc1. The lowest BCUT2D eigenvalue weighted by molar-refractivity contribution is 0.391. The summed E-state index contributed by atoms with van der Waals surface area (Å²) in [6.07, 6.45) is 0.967. The van der Waals surface area contributed by atoms with Gasteiger partial charge in [-0.15, -0.1) is 11.8 Å². The van der Waals surface area contributed by atoms with Crippen LogP contribution in [0.25, 0.3) is 22.4 Å². The summed E-state index contributed by atoms with van der Waals surface area (Å²) in [4.78, 5) is 8.47. The molecule has 5 aromatic carbocycles. The van der Waals surface area contributed by atoms with E-state index in [4.69, 9.17) is 11.6 Å². The summed E-state index contributed by atoms with van der Waals surface area (Å²) in [5, 5.41) is 4.43. The van der Waals surface area contributed by atoms with Crippen LogP contribution in [0.3, 0.4) is 0 Å². The van der Waals surface area contributed by atoms with Crippen molar-refractivity contribution in [1.82, 2.24) is 9.47 Å². The highest BCUT2D eigenvalue weighted by Gasteiger charge is 2.21. The first-order chi connectivity index (χ1) is 27.9. The molecule has 58 heavy (non-hydrogen) atoms. The van der Waals surface area contributed by atoms with Gasteiger partial charge in [-0.1, -0.05) is 54.1 Å². The number of aryl methyl sites for hydroxylation is 2. The summed E-state index contributed by atoms with van der Waals surface area (Å²) in [5.74, 6) is 0.903. The van der Waals surface area contributed by atoms with E-state index in [0.29, 0.717) is 5.69 Å². The van der Waals surface area contributed by atoms with Gasteiger partial charge in [0.25, 0.3) is 10.0 Å². The number of aromatic nitrogens is 1. The number of hydrogen-bond acceptors (Lipinski definition) is 7. The lowest BCUT2D eigenvalue weighted by Crippen LogP contribution is -2.46. The summed E-state index contributed by atoms with van der Waals surface area (Å²) >= 11 is 8.04. The first kappa shape index (κ1) is 41.3. The number of hydrogen-bond donors (Lipinski definition) is 2. The molecule has 1 fully saturated rings. The van der Waals surface area contributed by atoms with E-state index in [0.717, 1.165) is 72.4 Å². The van der Waals surface area contributed by atoms with Crippen molar-refractivity contribution < 1.29 is 8.42 Å². The zero-order chi connectivity index (χ0) is 40.8. The van der Waals surface area contributed by atoms with Crippen molar-refractivity contribution in [2.24, 2.45) is 7.05 Å². The number of sulfonamides is 1. The quantitative estimate of drug-likeness (QED) is 0.0999. The maximum Gasteiger partial charge on any atom is 0.261 e. The fourth-order valence-corrected chi connectivity index (χ4v) is 9.73. The summed E-state index contributed by atoms with van der Waals surface area (Å²) in [6, 6.07) is 42.8. The molecule has 0 bridgehead atoms. The van der Waals surface area contributed by atoms with Gasteiger partial charge in [0, 0.05) is 88.9 Å². The van der Waals surface area contributed by atoms with Crippen molar-refractivity contribution >= 4 is 56.1 Å². The lowest BCUT2D eigenvalue weighted by Gasteiger charge is -2.37. The highest BCUT2D eigenvalue weighted by atomic mass is 35.5. The molecule has 11 heteroatoms. The maximum absolute atomic E-state index is 13.6. The minimum Gasteiger partial charge on any atom is -0.381 e. The molecule has 302 valence electrons. The van der Waals surface area contributed by atoms with E-state index < -0.39 is 10.0 Å². The number of piperazine rings is 1. The van der Waals surface area contributed by atoms with Crippen LogP contribution < -0.4 is 19.8 Å². The van der Waals surface area contributed by atoms with Gasteiger partial charge in [0.15, 0.2) is 0 Å². The Morgan fingerprint density at radius 3 is 2.12 bits per heavy atom. The summed E-state index contributed by atoms with van der Waals surface area (Å²) in [7, 11) is 2.50. The average molecular weight is 834 g/mol. The highest BCUT2D eigenvalue weighted by Crippen LogP contribution is 2.37. The van der Waals surface area contributed by atoms with E-state index in [1.54, 1.807) is 12.1 Å². The van der Waals surface area contributed by atoms with Gasteiger partial charge in [-0.25, -0.2) is 8.42 Å². The number of rotatable bonds is 15. The molecule has 6 aromatic rings. The number of anilines is 4. The predicted molar refractivity (Wildman–Crippen MR) is 247 cm³/mol. The molecule has 0 unspecified atom stereocenters. The smallest absolute Gasteiger partial charge is 0.261 e. The third-order valence-electron chi connectivity index (χ3n) is 10.9. The third-order valence-corrected chi connectivity index (χ3v) is 13.7. The molecule has 0 radical (unpaired) electrons. The minimum atomic E-state index is -3.79. The monoisotopic (exact) mass is 832 g/mol. The summed E-state index contributed by atoms with van der Waals surface area (Å²) in [6.45, 7) is 8.52. The number of halogens is 1. The first-order valence-electron chi connectivity index (χ1n) is 19.8. The van der Waals surface area contributed by atoms with Crippen LogP contribution in [0.5, 0.6) is 0 Å². The van der Waals surface area contributed by atoms with Crippen LogP contribution in [-0.4, -0.2) is 76.5 Å². The van der Waals surface area contributed by atoms with Crippen molar-refractivity contribution in [3.63, 3.8) is 0 Å². The van der Waals surface area contributed by atoms with E-state index in [-0.39, 0.29) is 10.9 Å². The number of nitrogens with one attached hydrogen (secondary N) is 2. The molecular formula is C47H53ClN6O2S2. The van der Waals surface area contributed by atoms with Gasteiger partial charge in [-0.05, 0) is 143 Å². The highest BCUT2D eigenvalue weighted by molar-refractivity contribution is 7.99. The zero-order valence-corrected chi connectivity index (χ0v) is 36.3. The molecule has 0 spiro atoms. The fraction of sp³-hybridized carbons (Fsp3) is 0.277. The largest absolute Gasteiger partial charge is 0.381 e. The van der Waals surface area contributed by atoms with Crippen molar-refractivity contribution in [1.29, 1.82) is 0 Å². The van der Waals surface area contributed by atoms with Gasteiger partial charge >= 0.3 is 0 Å². The topological polar surface area (TPSA) is 72.8 Å². The molecule has 0 aliphatic carbocycles. The van der Waals surface area contributed by atoms with Gasteiger partial charge < -0.3 is 24.6 Å². The summed E-state index contributed by atoms with van der Waals surface area (Å²) in [5.41, 5.74) is 10.6. The Hall–Kier alpha value is -4.87. The van der Waals surface area contributed by atoms with E-state index in [2.05, 4.69) is 124 Å². The molecule has 1 aliphatic heterocycles. The number of thioether (sulfide) groups is 1. The Balaban J connectivity index is 0.960. The van der Waals surface area contributed by atoms with Gasteiger partial charge in [-0.3, -0.25) is 4.72 Å². The normalized spacial score (nSPS) is 13.8. The minimum absolute atomic E-state index is 0.221. The Kier molecular flexibility index (Phi) is 13.1. The Morgan fingerprint density at radius 2 is 1.45 bits per heavy atom. The molecule has 1 aromatic heterocycles. The molecule has 8 nitrogen and oxygen atoms in total. The average Bonchev–Trinajstić information content (AvgIpc) is 3.53. The molecule has 2 heterocycles. The fourth-order valence-electron chi connectivity index (χ4n) is 7.47. The molecule has 0 amide bonds. The second-order valence-corrected chi connectivity index (χ2v) is 18.5. The van der Waals surface area contributed by atoms with Gasteiger partial charge in [-0.2, -0.15) is 0 Å². The second-order valence-electron chi connectivity index (χ2n) is 15.3. The van der Waals surface area contributed by atoms with Crippen LogP contribution in [0.4, 0.5) is 22.7 Å². The van der Waals surface area contributed by atoms with E-state index in [1.165, 1.54) is 33.1 Å². The molecule has 2 N–H and O–H groups in total. The van der Waals surface area contributed by atoms with E-state index in [1.807, 2.05) is 67.2 Å². The van der Waals surface area contributed by atoms with Crippen LogP contribution in [0.2, 0.25) is 5.02 Å². The third kappa shape index (κ3) is 10.0. The maximum atomic E-state index is 13.6. The molecular weight excluding hydrogens is 780 g/mol. The molecule has 1 aliphatic rings. The van der Waals surface area contributed by atoms with Crippen LogP contribution >= 0.6 is 23.4 Å². The predicted octanol–water partition coefficient (Wildman–Crippen LogP) is 10.3. The Labute approximate surface area is 353 Å². The van der Waals surface area contributed by atoms with E-state index >= 15 is 0 Å². The van der Waals surface area contributed by atoms with Gasteiger partial charge in [0.1, 0.15) is 0 Å². The summed E-state index contributed by atoms with van der Waals surface area (Å²) < 4.78 is 32.2. The van der Waals surface area contributed by atoms with E-state index in [9.17, 15) is 8.42 Å². The number of benzene rings is 5. The van der Waals surface area contributed by atoms with Crippen molar-refractivity contribution in [3.05, 3.63) is 144 Å². The van der Waals surface area contributed by atoms with Crippen LogP contribution in [0.1, 0.15) is 17.7 Å². The molecule has 1 saturated heterocycles. The standard InChI is InChI=1S/C47H53ClN6O2S2/c1-34-30-44(22-23-46(34)49-40(24-25-51(3)4)33-57-43-12-7-6-8-13-43)58(55,56)50-39-18-20-41(21-19-39)53-26-28-54(29-27-53)42-11-9-10-37(32-42)45-31-35(2)52(5)47(45)36-14-16-38(48)17-15-36/h6-23,30-32,40,49-50H,24-29,33H2,1-5H3/t40-/m1/s1. The van der Waals surface area contributed by atoms with Crippen molar-refractivity contribution in [2.75, 3.05) is 72.4 Å². The second kappa shape index (κ2) is 18.4. The van der Waals surface area contributed by atoms with Crippen molar-refractivity contribution in [2.45, 2.75) is 36.1 Å². The van der Waals surface area contributed by atoms with Crippen LogP contribution in [0.15, 0.2) is 137 Å². The molecule has 1 atom stereocenters. The Morgan fingerprint density at radius 1 is 0.759 bits per heavy atom. The van der Waals surface area contributed by atoms with Gasteiger partial charge in [0.05, 0.1) is 10.6 Å². The Bertz CT molecular complexity index is 2410. The number of nitrogens with zero attached hydrogens (tertiary/aromatic N) is 4. The molecule has 0 saturated carbocycles. The van der Waals surface area contributed by atoms with Crippen LogP contribution in [-0.2, 0) is 17.1 Å². The van der Waals surface area contributed by atoms with Gasteiger partial charge in [0.2, 0.25) is 0 Å². The van der Waals surface area contributed by atoms with Crippen molar-refractivity contribution in [3.8, 4) is 22.4 Å². The molecule has 7 rings (SSSR count). The first-order valence-corrected chi connectivity index (χ1v) is 22.6.